The average molecular weight is 348 g/mol. The van der Waals surface area contributed by atoms with Gasteiger partial charge in [0, 0.05) is 12.3 Å². The standard InChI is InChI=1S/C13H11F3N2O4S/c1-22-10-5-6-17-18(12(10)19)9-4-3-8(13(14,15)16)7-11(9)23(2,20)21/h3-7H,1-2H3. The van der Waals surface area contributed by atoms with Crippen molar-refractivity contribution in [1.29, 1.82) is 0 Å². The molecule has 0 aliphatic carbocycles. The minimum atomic E-state index is -4.72. The lowest BCUT2D eigenvalue weighted by molar-refractivity contribution is -0.137. The van der Waals surface area contributed by atoms with Crippen molar-refractivity contribution in [3.8, 4) is 11.4 Å². The van der Waals surface area contributed by atoms with E-state index in [4.69, 9.17) is 4.74 Å². The Labute approximate surface area is 129 Å². The van der Waals surface area contributed by atoms with Crippen LogP contribution in [0.5, 0.6) is 5.75 Å². The van der Waals surface area contributed by atoms with E-state index in [1.54, 1.807) is 0 Å². The number of ether oxygens (including phenoxy) is 1. The second-order valence-corrected chi connectivity index (χ2v) is 6.55. The minimum Gasteiger partial charge on any atom is -0.491 e. The molecule has 0 saturated carbocycles. The van der Waals surface area contributed by atoms with Gasteiger partial charge in [0.15, 0.2) is 15.6 Å². The van der Waals surface area contributed by atoms with Crippen LogP contribution in [0.25, 0.3) is 5.69 Å². The SMILES string of the molecule is COc1ccnn(-c2ccc(C(F)(F)F)cc2S(C)(=O)=O)c1=O. The number of aromatic nitrogens is 2. The quantitative estimate of drug-likeness (QED) is 0.843. The summed E-state index contributed by atoms with van der Waals surface area (Å²) in [7, 11) is -2.81. The van der Waals surface area contributed by atoms with E-state index in [2.05, 4.69) is 5.10 Å². The van der Waals surface area contributed by atoms with Crippen molar-refractivity contribution < 1.29 is 26.3 Å². The van der Waals surface area contributed by atoms with Crippen LogP contribution in [0, 0.1) is 0 Å². The van der Waals surface area contributed by atoms with Crippen LogP contribution >= 0.6 is 0 Å². The van der Waals surface area contributed by atoms with E-state index in [1.165, 1.54) is 19.4 Å². The third-order valence-electron chi connectivity index (χ3n) is 2.95. The van der Waals surface area contributed by atoms with Crippen LogP contribution in [-0.4, -0.2) is 31.6 Å². The fourth-order valence-electron chi connectivity index (χ4n) is 1.89. The number of halogens is 3. The molecule has 0 spiro atoms. The monoisotopic (exact) mass is 348 g/mol. The summed E-state index contributed by atoms with van der Waals surface area (Å²) in [6.07, 6.45) is -2.80. The Kier molecular flexibility index (Phi) is 4.20. The predicted molar refractivity (Wildman–Crippen MR) is 74.5 cm³/mol. The fourth-order valence-corrected chi connectivity index (χ4v) is 2.76. The molecule has 1 heterocycles. The molecule has 0 bridgehead atoms. The van der Waals surface area contributed by atoms with Crippen LogP contribution in [-0.2, 0) is 16.0 Å². The number of nitrogens with zero attached hydrogens (tertiary/aromatic N) is 2. The van der Waals surface area contributed by atoms with Crippen molar-refractivity contribution in [1.82, 2.24) is 9.78 Å². The molecule has 2 aromatic rings. The molecular weight excluding hydrogens is 337 g/mol. The smallest absolute Gasteiger partial charge is 0.416 e. The molecular formula is C13H11F3N2O4S. The summed E-state index contributed by atoms with van der Waals surface area (Å²) in [6.45, 7) is 0. The first kappa shape index (κ1) is 17.0. The molecule has 0 N–H and O–H groups in total. The number of methoxy groups -OCH3 is 1. The number of benzene rings is 1. The highest BCUT2D eigenvalue weighted by molar-refractivity contribution is 7.90. The zero-order valence-corrected chi connectivity index (χ0v) is 12.8. The van der Waals surface area contributed by atoms with Gasteiger partial charge in [0.25, 0.3) is 0 Å². The summed E-state index contributed by atoms with van der Waals surface area (Å²) in [4.78, 5) is 11.5. The van der Waals surface area contributed by atoms with Crippen molar-refractivity contribution in [2.75, 3.05) is 13.4 Å². The van der Waals surface area contributed by atoms with Crippen molar-refractivity contribution in [3.63, 3.8) is 0 Å². The average Bonchev–Trinajstić information content (AvgIpc) is 2.45. The maximum Gasteiger partial charge on any atom is 0.416 e. The number of sulfone groups is 1. The Hall–Kier alpha value is -2.36. The first-order chi connectivity index (χ1) is 10.6. The van der Waals surface area contributed by atoms with Gasteiger partial charge in [-0.25, -0.2) is 8.42 Å². The zero-order valence-electron chi connectivity index (χ0n) is 12.0. The first-order valence-electron chi connectivity index (χ1n) is 6.09. The number of hydrogen-bond acceptors (Lipinski definition) is 5. The van der Waals surface area contributed by atoms with Gasteiger partial charge >= 0.3 is 11.7 Å². The predicted octanol–water partition coefficient (Wildman–Crippen LogP) is 1.66. The Bertz CT molecular complexity index is 904. The van der Waals surface area contributed by atoms with E-state index in [0.717, 1.165) is 12.3 Å². The summed E-state index contributed by atoms with van der Waals surface area (Å²) in [5.41, 5.74) is -2.22. The van der Waals surface area contributed by atoms with Crippen LogP contribution in [0.3, 0.4) is 0 Å². The highest BCUT2D eigenvalue weighted by atomic mass is 32.2. The molecule has 23 heavy (non-hydrogen) atoms. The Morgan fingerprint density at radius 3 is 2.39 bits per heavy atom. The lowest BCUT2D eigenvalue weighted by atomic mass is 10.2. The second-order valence-electron chi connectivity index (χ2n) is 4.57. The van der Waals surface area contributed by atoms with E-state index < -0.39 is 32.0 Å². The molecule has 10 heteroatoms. The van der Waals surface area contributed by atoms with Gasteiger partial charge in [-0.15, -0.1) is 0 Å². The van der Waals surface area contributed by atoms with Crippen molar-refractivity contribution >= 4 is 9.84 Å². The molecule has 0 unspecified atom stereocenters. The van der Waals surface area contributed by atoms with Gasteiger partial charge in [-0.05, 0) is 18.2 Å². The third-order valence-corrected chi connectivity index (χ3v) is 4.07. The van der Waals surface area contributed by atoms with Gasteiger partial charge in [0.1, 0.15) is 0 Å². The van der Waals surface area contributed by atoms with Crippen LogP contribution in [0.15, 0.2) is 40.2 Å². The summed E-state index contributed by atoms with van der Waals surface area (Å²) >= 11 is 0. The zero-order chi connectivity index (χ0) is 17.4. The molecule has 0 saturated heterocycles. The summed E-state index contributed by atoms with van der Waals surface area (Å²) in [5, 5.41) is 3.70. The highest BCUT2D eigenvalue weighted by Crippen LogP contribution is 2.32. The Morgan fingerprint density at radius 1 is 1.22 bits per heavy atom. The van der Waals surface area contributed by atoms with Gasteiger partial charge in [0.2, 0.25) is 0 Å². The lowest BCUT2D eigenvalue weighted by Crippen LogP contribution is -2.24. The maximum absolute atomic E-state index is 12.8. The lowest BCUT2D eigenvalue weighted by Gasteiger charge is -2.13. The Morgan fingerprint density at radius 2 is 1.87 bits per heavy atom. The van der Waals surface area contributed by atoms with E-state index in [9.17, 15) is 26.4 Å². The van der Waals surface area contributed by atoms with E-state index >= 15 is 0 Å². The molecule has 124 valence electrons. The highest BCUT2D eigenvalue weighted by Gasteiger charge is 2.32. The molecule has 0 radical (unpaired) electrons. The molecule has 2 rings (SSSR count). The number of hydrogen-bond donors (Lipinski definition) is 0. The second kappa shape index (κ2) is 5.69. The normalized spacial score (nSPS) is 12.2. The molecule has 0 aliphatic rings. The van der Waals surface area contributed by atoms with Gasteiger partial charge in [0.05, 0.1) is 29.5 Å². The molecule has 0 fully saturated rings. The largest absolute Gasteiger partial charge is 0.491 e. The molecule has 1 aromatic heterocycles. The van der Waals surface area contributed by atoms with Crippen LogP contribution < -0.4 is 10.3 Å². The topological polar surface area (TPSA) is 78.3 Å². The summed E-state index contributed by atoms with van der Waals surface area (Å²) in [6, 6.07) is 3.28. The van der Waals surface area contributed by atoms with Crippen LogP contribution in [0.2, 0.25) is 0 Å². The summed E-state index contributed by atoms with van der Waals surface area (Å²) < 4.78 is 67.5. The van der Waals surface area contributed by atoms with E-state index in [0.29, 0.717) is 16.8 Å². The molecule has 0 atom stereocenters. The van der Waals surface area contributed by atoms with Crippen LogP contribution in [0.1, 0.15) is 5.56 Å². The van der Waals surface area contributed by atoms with Gasteiger partial charge in [-0.1, -0.05) is 0 Å². The number of alkyl halides is 3. The molecule has 1 aromatic carbocycles. The van der Waals surface area contributed by atoms with Crippen molar-refractivity contribution in [3.05, 3.63) is 46.4 Å². The fraction of sp³-hybridized carbons (Fsp3) is 0.231. The number of rotatable bonds is 3. The minimum absolute atomic E-state index is 0.126. The van der Waals surface area contributed by atoms with E-state index in [-0.39, 0.29) is 11.4 Å². The molecule has 0 amide bonds. The Balaban J connectivity index is 2.81. The molecule has 6 nitrogen and oxygen atoms in total. The van der Waals surface area contributed by atoms with Crippen LogP contribution in [0.4, 0.5) is 13.2 Å². The molecule has 0 aliphatic heterocycles. The third kappa shape index (κ3) is 3.36. The maximum atomic E-state index is 12.8. The van der Waals surface area contributed by atoms with Gasteiger partial charge in [-0.3, -0.25) is 4.79 Å². The van der Waals surface area contributed by atoms with Gasteiger partial charge < -0.3 is 4.74 Å². The van der Waals surface area contributed by atoms with E-state index in [1.807, 2.05) is 0 Å². The first-order valence-corrected chi connectivity index (χ1v) is 7.99. The summed E-state index contributed by atoms with van der Waals surface area (Å²) in [5.74, 6) is -0.126. The van der Waals surface area contributed by atoms with Gasteiger partial charge in [-0.2, -0.15) is 23.0 Å². The van der Waals surface area contributed by atoms with Crippen molar-refractivity contribution in [2.45, 2.75) is 11.1 Å². The van der Waals surface area contributed by atoms with Crippen molar-refractivity contribution in [2.24, 2.45) is 0 Å².